The van der Waals surface area contributed by atoms with Crippen LogP contribution in [0.25, 0.3) is 0 Å². The molecule has 2 aliphatic rings. The Morgan fingerprint density at radius 3 is 2.45 bits per heavy atom. The van der Waals surface area contributed by atoms with Crippen molar-refractivity contribution in [2.24, 2.45) is 0 Å². The molecule has 2 aliphatic heterocycles. The van der Waals surface area contributed by atoms with E-state index in [1.54, 1.807) is 0 Å². The highest BCUT2D eigenvalue weighted by Crippen LogP contribution is 2.26. The third-order valence-electron chi connectivity index (χ3n) is 4.66. The van der Waals surface area contributed by atoms with Crippen LogP contribution in [0.3, 0.4) is 0 Å². The molecule has 1 atom stereocenters. The molecule has 1 fully saturated rings. The minimum Gasteiger partial charge on any atom is -0.330 e. The summed E-state index contributed by atoms with van der Waals surface area (Å²) < 4.78 is 40.4. The van der Waals surface area contributed by atoms with Crippen molar-refractivity contribution in [2.45, 2.75) is 12.1 Å². The topological polar surface area (TPSA) is 78.5 Å². The summed E-state index contributed by atoms with van der Waals surface area (Å²) in [6, 6.07) is 5.69. The van der Waals surface area contributed by atoms with Gasteiger partial charge in [-0.1, -0.05) is 17.9 Å². The van der Waals surface area contributed by atoms with Gasteiger partial charge in [0.1, 0.15) is 17.5 Å². The number of amides is 4. The second-order valence-electron chi connectivity index (χ2n) is 6.65. The van der Waals surface area contributed by atoms with Gasteiger partial charge in [0.15, 0.2) is 0 Å². The average molecular weight is 399 g/mol. The first kappa shape index (κ1) is 18.6. The van der Waals surface area contributed by atoms with Gasteiger partial charge in [-0.15, -0.1) is 0 Å². The van der Waals surface area contributed by atoms with Gasteiger partial charge >= 0.3 is 6.03 Å². The molecule has 0 aromatic heterocycles. The van der Waals surface area contributed by atoms with E-state index in [0.29, 0.717) is 11.6 Å². The van der Waals surface area contributed by atoms with Crippen LogP contribution in [0.15, 0.2) is 36.4 Å². The fourth-order valence-electron chi connectivity index (χ4n) is 3.24. The van der Waals surface area contributed by atoms with E-state index in [-0.39, 0.29) is 24.2 Å². The van der Waals surface area contributed by atoms with Crippen LogP contribution in [0.1, 0.15) is 21.5 Å². The Morgan fingerprint density at radius 2 is 1.76 bits per heavy atom. The van der Waals surface area contributed by atoms with Gasteiger partial charge in [0.2, 0.25) is 5.54 Å². The number of imide groups is 1. The number of carbonyl (C=O) groups excluding carboxylic acids is 3. The van der Waals surface area contributed by atoms with Crippen LogP contribution < -0.4 is 10.6 Å². The molecule has 0 unspecified atom stereocenters. The van der Waals surface area contributed by atoms with Crippen LogP contribution in [-0.4, -0.2) is 34.8 Å². The van der Waals surface area contributed by atoms with Gasteiger partial charge in [0, 0.05) is 18.2 Å². The Kier molecular flexibility index (Phi) is 4.27. The normalized spacial score (nSPS) is 20.1. The smallest absolute Gasteiger partial charge is 0.323 e. The molecule has 4 rings (SSSR count). The van der Waals surface area contributed by atoms with E-state index < -0.39 is 40.8 Å². The molecule has 146 valence electrons. The molecule has 2 heterocycles. The molecule has 9 heteroatoms. The van der Waals surface area contributed by atoms with Crippen molar-refractivity contribution >= 4 is 17.8 Å². The number of benzene rings is 2. The third-order valence-corrected chi connectivity index (χ3v) is 4.66. The number of urea groups is 1. The van der Waals surface area contributed by atoms with Crippen molar-refractivity contribution in [1.82, 2.24) is 15.5 Å². The minimum atomic E-state index is -1.84. The van der Waals surface area contributed by atoms with Gasteiger partial charge in [0.25, 0.3) is 11.8 Å². The molecular weight excluding hydrogens is 387 g/mol. The van der Waals surface area contributed by atoms with E-state index in [0.717, 1.165) is 18.2 Å². The predicted molar refractivity (Wildman–Crippen MR) is 93.8 cm³/mol. The highest BCUT2D eigenvalue weighted by atomic mass is 19.1. The quantitative estimate of drug-likeness (QED) is 0.596. The van der Waals surface area contributed by atoms with Gasteiger partial charge in [0.05, 0.1) is 12.1 Å². The number of nitrogens with zero attached hydrogens (tertiary/aromatic N) is 1. The number of rotatable bonds is 2. The second-order valence-corrected chi connectivity index (χ2v) is 6.65. The zero-order valence-corrected chi connectivity index (χ0v) is 14.7. The molecule has 1 saturated heterocycles. The van der Waals surface area contributed by atoms with Gasteiger partial charge < -0.3 is 10.2 Å². The molecule has 2 aromatic rings. The molecule has 0 aliphatic carbocycles. The van der Waals surface area contributed by atoms with Crippen LogP contribution >= 0.6 is 0 Å². The van der Waals surface area contributed by atoms with E-state index in [4.69, 9.17) is 0 Å². The Hall–Kier alpha value is -3.80. The summed E-state index contributed by atoms with van der Waals surface area (Å²) in [5.74, 6) is 1.30. The first-order valence-corrected chi connectivity index (χ1v) is 8.47. The maximum atomic E-state index is 13.9. The number of fused-ring (bicyclic) bond motifs is 1. The number of carbonyl (C=O) groups is 3. The Bertz CT molecular complexity index is 1140. The summed E-state index contributed by atoms with van der Waals surface area (Å²) in [6.45, 7) is -0.249. The van der Waals surface area contributed by atoms with Crippen LogP contribution in [-0.2, 0) is 11.3 Å². The highest BCUT2D eigenvalue weighted by molar-refractivity contribution is 6.10. The first-order valence-electron chi connectivity index (χ1n) is 8.47. The summed E-state index contributed by atoms with van der Waals surface area (Å²) >= 11 is 0. The van der Waals surface area contributed by atoms with Crippen molar-refractivity contribution < 1.29 is 27.6 Å². The van der Waals surface area contributed by atoms with Gasteiger partial charge in [-0.2, -0.15) is 0 Å². The summed E-state index contributed by atoms with van der Waals surface area (Å²) in [5.41, 5.74) is -1.30. The number of hydrogen-bond donors (Lipinski definition) is 2. The molecular formula is C20H12F3N3O3. The Balaban J connectivity index is 1.68. The summed E-state index contributed by atoms with van der Waals surface area (Å²) in [7, 11) is 0. The van der Waals surface area contributed by atoms with E-state index >= 15 is 0 Å². The third kappa shape index (κ3) is 3.29. The lowest BCUT2D eigenvalue weighted by molar-refractivity contribution is -0.122. The van der Waals surface area contributed by atoms with E-state index in [1.165, 1.54) is 17.0 Å². The number of nitrogens with one attached hydrogen (secondary N) is 2. The van der Waals surface area contributed by atoms with E-state index in [2.05, 4.69) is 17.2 Å². The van der Waals surface area contributed by atoms with Crippen molar-refractivity contribution in [3.8, 4) is 11.8 Å². The minimum absolute atomic E-state index is 0.0892. The molecule has 6 nitrogen and oxygen atoms in total. The molecule has 0 bridgehead atoms. The average Bonchev–Trinajstić information content (AvgIpc) is 3.11. The van der Waals surface area contributed by atoms with E-state index in [9.17, 15) is 27.6 Å². The lowest BCUT2D eigenvalue weighted by Gasteiger charge is -2.26. The summed E-state index contributed by atoms with van der Waals surface area (Å²) in [6.07, 6.45) is 0. The maximum absolute atomic E-state index is 13.9. The predicted octanol–water partition coefficient (Wildman–Crippen LogP) is 1.69. The standard InChI is InChI=1S/C20H12F3N3O3/c21-13-4-2-12-9-26(17(27)15(12)7-13)10-20(18(28)24-19(29)25-20)6-5-11-1-3-14(22)8-16(11)23/h1-4,7-8H,9-10H2,(H2,24,25,28,29)/t20-/m1/s1. The fraction of sp³-hybridized carbons (Fsp3) is 0.150. The molecule has 0 saturated carbocycles. The number of halogens is 3. The molecule has 0 spiro atoms. The van der Waals surface area contributed by atoms with Crippen LogP contribution in [0.5, 0.6) is 0 Å². The summed E-state index contributed by atoms with van der Waals surface area (Å²) in [5, 5.41) is 4.41. The van der Waals surface area contributed by atoms with Crippen molar-refractivity contribution in [3.63, 3.8) is 0 Å². The van der Waals surface area contributed by atoms with Gasteiger partial charge in [-0.05, 0) is 29.8 Å². The monoisotopic (exact) mass is 399 g/mol. The molecule has 4 amide bonds. The lowest BCUT2D eigenvalue weighted by atomic mass is 9.99. The van der Waals surface area contributed by atoms with Gasteiger partial charge in [-0.3, -0.25) is 14.9 Å². The van der Waals surface area contributed by atoms with Crippen molar-refractivity contribution in [3.05, 3.63) is 70.5 Å². The zero-order valence-electron chi connectivity index (χ0n) is 14.7. The molecule has 2 N–H and O–H groups in total. The Labute approximate surface area is 162 Å². The van der Waals surface area contributed by atoms with Gasteiger partial charge in [-0.25, -0.2) is 18.0 Å². The summed E-state index contributed by atoms with van der Waals surface area (Å²) in [4.78, 5) is 38.0. The first-order chi connectivity index (χ1) is 13.8. The Morgan fingerprint density at radius 1 is 1.03 bits per heavy atom. The molecule has 29 heavy (non-hydrogen) atoms. The maximum Gasteiger partial charge on any atom is 0.323 e. The molecule has 0 radical (unpaired) electrons. The van der Waals surface area contributed by atoms with Crippen molar-refractivity contribution in [1.29, 1.82) is 0 Å². The van der Waals surface area contributed by atoms with Crippen LogP contribution in [0.2, 0.25) is 0 Å². The SMILES string of the molecule is O=C1NC(=O)[C@@](C#Cc2ccc(F)cc2F)(CN2Cc3ccc(F)cc3C2=O)N1. The molecule has 2 aromatic carbocycles. The van der Waals surface area contributed by atoms with Crippen molar-refractivity contribution in [2.75, 3.05) is 6.54 Å². The largest absolute Gasteiger partial charge is 0.330 e. The zero-order chi connectivity index (χ0) is 20.8. The van der Waals surface area contributed by atoms with Crippen LogP contribution in [0.4, 0.5) is 18.0 Å². The van der Waals surface area contributed by atoms with Crippen LogP contribution in [0, 0.1) is 29.3 Å². The fourth-order valence-corrected chi connectivity index (χ4v) is 3.24. The van der Waals surface area contributed by atoms with E-state index in [1.807, 2.05) is 5.32 Å². The second kappa shape index (κ2) is 6.67. The highest BCUT2D eigenvalue weighted by Gasteiger charge is 2.48. The lowest BCUT2D eigenvalue weighted by Crippen LogP contribution is -2.54. The number of hydrogen-bond acceptors (Lipinski definition) is 3.